The second-order valence-corrected chi connectivity index (χ2v) is 6.39. The Hall–Kier alpha value is -2.86. The molecular formula is C23H16. The quantitative estimate of drug-likeness (QED) is 0.282. The number of hydrogen-bond donors (Lipinski definition) is 0. The third-order valence-electron chi connectivity index (χ3n) is 4.88. The summed E-state index contributed by atoms with van der Waals surface area (Å²) in [7, 11) is 0. The number of rotatable bonds is 0. The molecule has 0 saturated carbocycles. The van der Waals surface area contributed by atoms with Crippen LogP contribution >= 0.6 is 0 Å². The molecule has 0 unspecified atom stereocenters. The minimum Gasteiger partial charge on any atom is -0.0616 e. The number of aryl methyl sites for hydroxylation is 1. The van der Waals surface area contributed by atoms with Crippen LogP contribution in [0.3, 0.4) is 0 Å². The van der Waals surface area contributed by atoms with Gasteiger partial charge in [0.2, 0.25) is 0 Å². The highest BCUT2D eigenvalue weighted by Gasteiger charge is 2.04. The van der Waals surface area contributed by atoms with Crippen molar-refractivity contribution in [3.63, 3.8) is 0 Å². The zero-order valence-electron chi connectivity index (χ0n) is 13.0. The Bertz CT molecular complexity index is 1210. The van der Waals surface area contributed by atoms with Crippen molar-refractivity contribution in [2.24, 2.45) is 0 Å². The van der Waals surface area contributed by atoms with Gasteiger partial charge in [-0.05, 0) is 92.0 Å². The van der Waals surface area contributed by atoms with Gasteiger partial charge in [0.25, 0.3) is 0 Å². The molecule has 0 fully saturated rings. The molecule has 0 saturated heterocycles. The van der Waals surface area contributed by atoms with Crippen LogP contribution in [0.2, 0.25) is 0 Å². The molecule has 0 aromatic heterocycles. The Balaban J connectivity index is 1.93. The standard InChI is InChI=1S/C23H16/c1-15-5-4-8-18-11-21-12-19-9-16-6-2-3-7-17(16)10-20(19)13-22(21)14-23(15)18/h2-14H,1H3. The van der Waals surface area contributed by atoms with Gasteiger partial charge in [0.05, 0.1) is 0 Å². The molecule has 0 heteroatoms. The van der Waals surface area contributed by atoms with E-state index in [4.69, 9.17) is 0 Å². The fourth-order valence-electron chi connectivity index (χ4n) is 3.63. The average molecular weight is 292 g/mol. The van der Waals surface area contributed by atoms with E-state index in [9.17, 15) is 0 Å². The minimum atomic E-state index is 1.30. The molecule has 5 aromatic carbocycles. The van der Waals surface area contributed by atoms with E-state index >= 15 is 0 Å². The first-order valence-corrected chi connectivity index (χ1v) is 8.04. The molecular weight excluding hydrogens is 276 g/mol. The summed E-state index contributed by atoms with van der Waals surface area (Å²) < 4.78 is 0. The van der Waals surface area contributed by atoms with E-state index in [1.807, 2.05) is 0 Å². The fraction of sp³-hybridized carbons (Fsp3) is 0.0435. The van der Waals surface area contributed by atoms with Gasteiger partial charge in [-0.15, -0.1) is 0 Å². The van der Waals surface area contributed by atoms with Gasteiger partial charge >= 0.3 is 0 Å². The second kappa shape index (κ2) is 4.57. The monoisotopic (exact) mass is 292 g/mol. The molecule has 5 rings (SSSR count). The molecule has 0 nitrogen and oxygen atoms in total. The van der Waals surface area contributed by atoms with E-state index in [0.717, 1.165) is 0 Å². The first kappa shape index (κ1) is 12.7. The van der Waals surface area contributed by atoms with Crippen LogP contribution in [0.4, 0.5) is 0 Å². The summed E-state index contributed by atoms with van der Waals surface area (Å²) in [5, 5.41) is 10.5. The van der Waals surface area contributed by atoms with E-state index in [2.05, 4.69) is 85.8 Å². The van der Waals surface area contributed by atoms with Gasteiger partial charge in [-0.1, -0.05) is 42.5 Å². The molecule has 0 amide bonds. The largest absolute Gasteiger partial charge is 0.0616 e. The molecule has 0 aliphatic carbocycles. The highest BCUT2D eigenvalue weighted by Crippen LogP contribution is 2.30. The Morgan fingerprint density at radius 3 is 1.57 bits per heavy atom. The maximum absolute atomic E-state index is 2.33. The van der Waals surface area contributed by atoms with Crippen molar-refractivity contribution in [2.45, 2.75) is 6.92 Å². The van der Waals surface area contributed by atoms with Crippen LogP contribution in [0.15, 0.2) is 78.9 Å². The Morgan fingerprint density at radius 1 is 0.435 bits per heavy atom. The van der Waals surface area contributed by atoms with E-state index in [1.54, 1.807) is 0 Å². The van der Waals surface area contributed by atoms with Gasteiger partial charge in [0, 0.05) is 0 Å². The second-order valence-electron chi connectivity index (χ2n) is 6.39. The molecule has 0 aliphatic heterocycles. The third-order valence-corrected chi connectivity index (χ3v) is 4.88. The van der Waals surface area contributed by atoms with E-state index < -0.39 is 0 Å². The van der Waals surface area contributed by atoms with Crippen LogP contribution < -0.4 is 0 Å². The highest BCUT2D eigenvalue weighted by atomic mass is 14.1. The zero-order chi connectivity index (χ0) is 15.4. The first-order valence-electron chi connectivity index (χ1n) is 8.04. The van der Waals surface area contributed by atoms with Crippen LogP contribution in [0, 0.1) is 6.92 Å². The van der Waals surface area contributed by atoms with Gasteiger partial charge < -0.3 is 0 Å². The van der Waals surface area contributed by atoms with E-state index in [0.29, 0.717) is 0 Å². The molecule has 23 heavy (non-hydrogen) atoms. The summed E-state index contributed by atoms with van der Waals surface area (Å²) in [6, 6.07) is 29.0. The summed E-state index contributed by atoms with van der Waals surface area (Å²) in [6.07, 6.45) is 0. The van der Waals surface area contributed by atoms with Crippen LogP contribution in [0.1, 0.15) is 5.56 Å². The molecule has 5 aromatic rings. The molecule has 0 atom stereocenters. The SMILES string of the molecule is Cc1cccc2cc3cc4cc5ccccc5cc4cc3cc12. The topological polar surface area (TPSA) is 0 Å². The number of hydrogen-bond acceptors (Lipinski definition) is 0. The lowest BCUT2D eigenvalue weighted by molar-refractivity contribution is 1.54. The summed E-state index contributed by atoms with van der Waals surface area (Å²) in [4.78, 5) is 0. The van der Waals surface area contributed by atoms with Crippen molar-refractivity contribution in [1.82, 2.24) is 0 Å². The van der Waals surface area contributed by atoms with Gasteiger partial charge in [0.15, 0.2) is 0 Å². The smallest absolute Gasteiger partial charge is 0.0148 e. The van der Waals surface area contributed by atoms with Gasteiger partial charge in [-0.2, -0.15) is 0 Å². The van der Waals surface area contributed by atoms with Crippen LogP contribution in [0.5, 0.6) is 0 Å². The first-order chi connectivity index (χ1) is 11.3. The van der Waals surface area contributed by atoms with E-state index in [1.165, 1.54) is 48.7 Å². The molecule has 0 N–H and O–H groups in total. The zero-order valence-corrected chi connectivity index (χ0v) is 13.0. The van der Waals surface area contributed by atoms with E-state index in [-0.39, 0.29) is 0 Å². The van der Waals surface area contributed by atoms with Crippen molar-refractivity contribution >= 4 is 43.1 Å². The Labute approximate surface area is 135 Å². The third kappa shape index (κ3) is 1.92. The van der Waals surface area contributed by atoms with Crippen molar-refractivity contribution in [1.29, 1.82) is 0 Å². The lowest BCUT2D eigenvalue weighted by Gasteiger charge is -2.08. The fourth-order valence-corrected chi connectivity index (χ4v) is 3.63. The summed E-state index contributed by atoms with van der Waals surface area (Å²) in [5.41, 5.74) is 1.34. The average Bonchev–Trinajstić information content (AvgIpc) is 2.57. The molecule has 0 bridgehead atoms. The van der Waals surface area contributed by atoms with Gasteiger partial charge in [0.1, 0.15) is 0 Å². The van der Waals surface area contributed by atoms with Crippen molar-refractivity contribution < 1.29 is 0 Å². The van der Waals surface area contributed by atoms with Crippen LogP contribution in [-0.2, 0) is 0 Å². The van der Waals surface area contributed by atoms with Crippen molar-refractivity contribution in [3.8, 4) is 0 Å². The molecule has 0 spiro atoms. The Kier molecular flexibility index (Phi) is 2.51. The summed E-state index contributed by atoms with van der Waals surface area (Å²) in [5.74, 6) is 0. The highest BCUT2D eigenvalue weighted by molar-refractivity contribution is 6.08. The molecule has 0 radical (unpaired) electrons. The van der Waals surface area contributed by atoms with Crippen molar-refractivity contribution in [3.05, 3.63) is 84.4 Å². The predicted molar refractivity (Wildman–Crippen MR) is 101 cm³/mol. The van der Waals surface area contributed by atoms with Crippen LogP contribution in [0.25, 0.3) is 43.1 Å². The lowest BCUT2D eigenvalue weighted by Crippen LogP contribution is -1.82. The van der Waals surface area contributed by atoms with Gasteiger partial charge in [-0.25, -0.2) is 0 Å². The summed E-state index contributed by atoms with van der Waals surface area (Å²) in [6.45, 7) is 2.18. The Morgan fingerprint density at radius 2 is 0.913 bits per heavy atom. The lowest BCUT2D eigenvalue weighted by atomic mass is 9.96. The minimum absolute atomic E-state index is 1.30. The molecule has 108 valence electrons. The van der Waals surface area contributed by atoms with Gasteiger partial charge in [-0.3, -0.25) is 0 Å². The predicted octanol–water partition coefficient (Wildman–Crippen LogP) is 6.61. The number of benzene rings is 5. The van der Waals surface area contributed by atoms with Crippen molar-refractivity contribution in [2.75, 3.05) is 0 Å². The summed E-state index contributed by atoms with van der Waals surface area (Å²) >= 11 is 0. The molecule has 0 heterocycles. The normalized spacial score (nSPS) is 11.7. The number of fused-ring (bicyclic) bond motifs is 4. The molecule has 0 aliphatic rings. The maximum Gasteiger partial charge on any atom is -0.0148 e. The maximum atomic E-state index is 2.33. The van der Waals surface area contributed by atoms with Crippen LogP contribution in [-0.4, -0.2) is 0 Å².